The first-order valence-electron chi connectivity index (χ1n) is 6.34. The summed E-state index contributed by atoms with van der Waals surface area (Å²) in [5, 5.41) is 18.5. The molecule has 0 aliphatic rings. The van der Waals surface area contributed by atoms with E-state index in [1.807, 2.05) is 47.4 Å². The molecule has 2 rings (SSSR count). The van der Waals surface area contributed by atoms with Crippen molar-refractivity contribution in [1.82, 2.24) is 0 Å². The van der Waals surface area contributed by atoms with Crippen molar-refractivity contribution >= 4 is 21.6 Å². The molecule has 2 aromatic carbocycles. The van der Waals surface area contributed by atoms with Crippen LogP contribution < -0.4 is 4.90 Å². The average molecular weight is 331 g/mol. The minimum Gasteiger partial charge on any atom is -0.395 e. The summed E-state index contributed by atoms with van der Waals surface area (Å²) in [7, 11) is 0. The lowest BCUT2D eigenvalue weighted by molar-refractivity contribution is 0.301. The van der Waals surface area contributed by atoms with Gasteiger partial charge >= 0.3 is 0 Å². The highest BCUT2D eigenvalue weighted by molar-refractivity contribution is 9.10. The summed E-state index contributed by atoms with van der Waals surface area (Å²) in [6, 6.07) is 17.8. The topological polar surface area (TPSA) is 47.3 Å². The van der Waals surface area contributed by atoms with Gasteiger partial charge in [0.15, 0.2) is 0 Å². The van der Waals surface area contributed by atoms with E-state index in [4.69, 9.17) is 0 Å². The van der Waals surface area contributed by atoms with Gasteiger partial charge in [-0.25, -0.2) is 0 Å². The van der Waals surface area contributed by atoms with Crippen molar-refractivity contribution in [3.63, 3.8) is 0 Å². The summed E-state index contributed by atoms with van der Waals surface area (Å²) < 4.78 is 0.876. The monoisotopic (exact) mass is 330 g/mol. The smallest absolute Gasteiger partial charge is 0.101 e. The summed E-state index contributed by atoms with van der Waals surface area (Å²) >= 11 is 3.37. The number of aliphatic hydroxyl groups is 1. The van der Waals surface area contributed by atoms with Gasteiger partial charge in [0, 0.05) is 17.6 Å². The third-order valence-corrected chi connectivity index (χ3v) is 3.50. The van der Waals surface area contributed by atoms with Crippen LogP contribution in [-0.2, 0) is 6.54 Å². The molecule has 0 aliphatic heterocycles. The molecule has 0 bridgehead atoms. The number of nitrogens with zero attached hydrogens (tertiary/aromatic N) is 2. The number of aliphatic hydroxyl groups excluding tert-OH is 1. The van der Waals surface area contributed by atoms with E-state index < -0.39 is 0 Å². The molecular weight excluding hydrogens is 316 g/mol. The Kier molecular flexibility index (Phi) is 5.16. The molecule has 102 valence electrons. The fourth-order valence-corrected chi connectivity index (χ4v) is 2.44. The van der Waals surface area contributed by atoms with Gasteiger partial charge in [-0.15, -0.1) is 0 Å². The molecule has 0 saturated heterocycles. The molecule has 0 aliphatic carbocycles. The van der Waals surface area contributed by atoms with E-state index in [0.717, 1.165) is 15.7 Å². The van der Waals surface area contributed by atoms with Crippen LogP contribution in [0.5, 0.6) is 0 Å². The van der Waals surface area contributed by atoms with E-state index >= 15 is 0 Å². The number of anilines is 1. The van der Waals surface area contributed by atoms with Gasteiger partial charge < -0.3 is 10.0 Å². The highest BCUT2D eigenvalue weighted by atomic mass is 79.9. The summed E-state index contributed by atoms with van der Waals surface area (Å²) in [6.07, 6.45) is 0. The Morgan fingerprint density at radius 3 is 2.55 bits per heavy atom. The van der Waals surface area contributed by atoms with Crippen LogP contribution in [0.15, 0.2) is 53.0 Å². The zero-order valence-electron chi connectivity index (χ0n) is 11.0. The minimum absolute atomic E-state index is 0.0494. The first-order valence-corrected chi connectivity index (χ1v) is 7.13. The normalized spacial score (nSPS) is 10.1. The van der Waals surface area contributed by atoms with Crippen LogP contribution >= 0.6 is 15.9 Å². The molecule has 0 fully saturated rings. The van der Waals surface area contributed by atoms with E-state index in [9.17, 15) is 10.4 Å². The number of hydrogen-bond acceptors (Lipinski definition) is 3. The molecule has 0 spiro atoms. The highest BCUT2D eigenvalue weighted by Crippen LogP contribution is 2.25. The van der Waals surface area contributed by atoms with Crippen molar-refractivity contribution in [1.29, 1.82) is 5.26 Å². The molecule has 0 aromatic heterocycles. The van der Waals surface area contributed by atoms with E-state index in [1.54, 1.807) is 6.07 Å². The minimum atomic E-state index is 0.0494. The second kappa shape index (κ2) is 7.09. The van der Waals surface area contributed by atoms with Crippen LogP contribution in [0.3, 0.4) is 0 Å². The Balaban J connectivity index is 2.31. The van der Waals surface area contributed by atoms with Crippen molar-refractivity contribution in [2.24, 2.45) is 0 Å². The Morgan fingerprint density at radius 1 is 1.15 bits per heavy atom. The Bertz CT molecular complexity index is 608. The lowest BCUT2D eigenvalue weighted by atomic mass is 10.1. The number of halogens is 1. The molecule has 20 heavy (non-hydrogen) atoms. The van der Waals surface area contributed by atoms with Gasteiger partial charge in [0.25, 0.3) is 0 Å². The predicted octanol–water partition coefficient (Wildman–Crippen LogP) is 3.32. The Labute approximate surface area is 127 Å². The van der Waals surface area contributed by atoms with Gasteiger partial charge in [0.05, 0.1) is 17.9 Å². The van der Waals surface area contributed by atoms with Crippen molar-refractivity contribution in [2.75, 3.05) is 18.1 Å². The third kappa shape index (κ3) is 3.60. The molecule has 0 atom stereocenters. The van der Waals surface area contributed by atoms with Gasteiger partial charge in [-0.2, -0.15) is 5.26 Å². The van der Waals surface area contributed by atoms with Crippen molar-refractivity contribution in [3.05, 3.63) is 64.1 Å². The van der Waals surface area contributed by atoms with E-state index in [0.29, 0.717) is 18.7 Å². The molecule has 0 heterocycles. The summed E-state index contributed by atoms with van der Waals surface area (Å²) in [6.45, 7) is 1.21. The van der Waals surface area contributed by atoms with Crippen LogP contribution in [0, 0.1) is 11.3 Å². The van der Waals surface area contributed by atoms with E-state index in [2.05, 4.69) is 22.0 Å². The maximum absolute atomic E-state index is 9.27. The lowest BCUT2D eigenvalue weighted by Gasteiger charge is -2.25. The standard InChI is InChI=1S/C16H15BrN2O/c17-15-6-7-16(14(10-15)11-18)19(8-9-20)12-13-4-2-1-3-5-13/h1-7,10,20H,8-9,12H2. The summed E-state index contributed by atoms with van der Waals surface area (Å²) in [4.78, 5) is 2.01. The molecule has 4 heteroatoms. The fraction of sp³-hybridized carbons (Fsp3) is 0.188. The van der Waals surface area contributed by atoms with Crippen LogP contribution in [0.1, 0.15) is 11.1 Å². The quantitative estimate of drug-likeness (QED) is 0.914. The second-order valence-electron chi connectivity index (χ2n) is 4.40. The SMILES string of the molecule is N#Cc1cc(Br)ccc1N(CCO)Cc1ccccc1. The van der Waals surface area contributed by atoms with Crippen LogP contribution in [0.25, 0.3) is 0 Å². The largest absolute Gasteiger partial charge is 0.395 e. The number of hydrogen-bond donors (Lipinski definition) is 1. The molecule has 0 radical (unpaired) electrons. The lowest BCUT2D eigenvalue weighted by Crippen LogP contribution is -2.26. The molecule has 3 nitrogen and oxygen atoms in total. The predicted molar refractivity (Wildman–Crippen MR) is 83.4 cm³/mol. The number of rotatable bonds is 5. The van der Waals surface area contributed by atoms with Gasteiger partial charge in [-0.1, -0.05) is 46.3 Å². The fourth-order valence-electron chi connectivity index (χ4n) is 2.08. The first kappa shape index (κ1) is 14.6. The maximum Gasteiger partial charge on any atom is 0.101 e. The highest BCUT2D eigenvalue weighted by Gasteiger charge is 2.12. The Hall–Kier alpha value is -1.83. The Morgan fingerprint density at radius 2 is 1.90 bits per heavy atom. The van der Waals surface area contributed by atoms with Gasteiger partial charge in [-0.05, 0) is 23.8 Å². The number of nitriles is 1. The summed E-state index contributed by atoms with van der Waals surface area (Å²) in [5.41, 5.74) is 2.59. The number of benzene rings is 2. The summed E-state index contributed by atoms with van der Waals surface area (Å²) in [5.74, 6) is 0. The van der Waals surface area contributed by atoms with E-state index in [-0.39, 0.29) is 6.61 Å². The van der Waals surface area contributed by atoms with Crippen molar-refractivity contribution < 1.29 is 5.11 Å². The second-order valence-corrected chi connectivity index (χ2v) is 5.32. The maximum atomic E-state index is 9.27. The van der Waals surface area contributed by atoms with Gasteiger partial charge in [0.1, 0.15) is 6.07 Å². The van der Waals surface area contributed by atoms with Gasteiger partial charge in [-0.3, -0.25) is 0 Å². The molecule has 0 unspecified atom stereocenters. The van der Waals surface area contributed by atoms with Crippen LogP contribution in [0.4, 0.5) is 5.69 Å². The van der Waals surface area contributed by atoms with Crippen molar-refractivity contribution in [3.8, 4) is 6.07 Å². The van der Waals surface area contributed by atoms with Crippen molar-refractivity contribution in [2.45, 2.75) is 6.54 Å². The molecular formula is C16H15BrN2O. The molecule has 1 N–H and O–H groups in total. The van der Waals surface area contributed by atoms with Crippen LogP contribution in [-0.4, -0.2) is 18.3 Å². The average Bonchev–Trinajstić information content (AvgIpc) is 2.48. The third-order valence-electron chi connectivity index (χ3n) is 3.01. The zero-order chi connectivity index (χ0) is 14.4. The van der Waals surface area contributed by atoms with Crippen LogP contribution in [0.2, 0.25) is 0 Å². The molecule has 0 saturated carbocycles. The molecule has 0 amide bonds. The molecule has 2 aromatic rings. The van der Waals surface area contributed by atoms with E-state index in [1.165, 1.54) is 0 Å². The zero-order valence-corrected chi connectivity index (χ0v) is 12.5. The first-order chi connectivity index (χ1) is 9.74. The van der Waals surface area contributed by atoms with Gasteiger partial charge in [0.2, 0.25) is 0 Å².